The van der Waals surface area contributed by atoms with Gasteiger partial charge in [-0.05, 0) is 38.5 Å². The summed E-state index contributed by atoms with van der Waals surface area (Å²) in [5.74, 6) is -0.133. The van der Waals surface area contributed by atoms with E-state index in [1.165, 1.54) is 0 Å². The number of nitrogens with zero attached hydrogens (tertiary/aromatic N) is 1. The summed E-state index contributed by atoms with van der Waals surface area (Å²) in [5, 5.41) is 3.23. The SMILES string of the molecule is Cc1cc2c(cc1F)NCCN2C(C)C. The van der Waals surface area contributed by atoms with E-state index in [-0.39, 0.29) is 5.82 Å². The molecular weight excluding hydrogens is 191 g/mol. The molecule has 0 unspecified atom stereocenters. The Kier molecular flexibility index (Phi) is 2.55. The number of fused-ring (bicyclic) bond motifs is 1. The average Bonchev–Trinajstić information content (AvgIpc) is 2.18. The van der Waals surface area contributed by atoms with Gasteiger partial charge in [0.1, 0.15) is 5.82 Å². The van der Waals surface area contributed by atoms with Gasteiger partial charge in [0.25, 0.3) is 0 Å². The van der Waals surface area contributed by atoms with Crippen LogP contribution in [-0.2, 0) is 0 Å². The number of halogens is 1. The third-order valence-electron chi connectivity index (χ3n) is 2.88. The highest BCUT2D eigenvalue weighted by Gasteiger charge is 2.19. The topological polar surface area (TPSA) is 15.3 Å². The lowest BCUT2D eigenvalue weighted by atomic mass is 10.1. The Bertz CT molecular complexity index is 374. The van der Waals surface area contributed by atoms with Gasteiger partial charge in [-0.1, -0.05) is 0 Å². The van der Waals surface area contributed by atoms with Crippen molar-refractivity contribution >= 4 is 11.4 Å². The lowest BCUT2D eigenvalue weighted by Gasteiger charge is -2.35. The third-order valence-corrected chi connectivity index (χ3v) is 2.88. The number of hydrogen-bond donors (Lipinski definition) is 1. The summed E-state index contributed by atoms with van der Waals surface area (Å²) >= 11 is 0. The van der Waals surface area contributed by atoms with Crippen LogP contribution < -0.4 is 10.2 Å². The second-order valence-corrected chi connectivity index (χ2v) is 4.33. The summed E-state index contributed by atoms with van der Waals surface area (Å²) in [6.45, 7) is 7.99. The van der Waals surface area contributed by atoms with Crippen LogP contribution in [0.3, 0.4) is 0 Å². The quantitative estimate of drug-likeness (QED) is 0.763. The van der Waals surface area contributed by atoms with Gasteiger partial charge < -0.3 is 10.2 Å². The van der Waals surface area contributed by atoms with Crippen LogP contribution in [0.1, 0.15) is 19.4 Å². The number of nitrogens with one attached hydrogen (secondary N) is 1. The molecule has 0 saturated carbocycles. The van der Waals surface area contributed by atoms with Gasteiger partial charge in [0.15, 0.2) is 0 Å². The molecule has 0 radical (unpaired) electrons. The van der Waals surface area contributed by atoms with Gasteiger partial charge in [-0.3, -0.25) is 0 Å². The zero-order valence-electron chi connectivity index (χ0n) is 9.47. The van der Waals surface area contributed by atoms with Gasteiger partial charge >= 0.3 is 0 Å². The molecule has 0 atom stereocenters. The van der Waals surface area contributed by atoms with E-state index >= 15 is 0 Å². The maximum Gasteiger partial charge on any atom is 0.128 e. The highest BCUT2D eigenvalue weighted by atomic mass is 19.1. The van der Waals surface area contributed by atoms with Crippen molar-refractivity contribution in [3.05, 3.63) is 23.5 Å². The largest absolute Gasteiger partial charge is 0.382 e. The van der Waals surface area contributed by atoms with E-state index in [0.717, 1.165) is 24.5 Å². The van der Waals surface area contributed by atoms with Gasteiger partial charge in [0.2, 0.25) is 0 Å². The first-order valence-electron chi connectivity index (χ1n) is 5.40. The molecule has 1 aromatic carbocycles. The first kappa shape index (κ1) is 10.3. The molecule has 0 aliphatic carbocycles. The molecule has 1 aliphatic heterocycles. The van der Waals surface area contributed by atoms with Crippen LogP contribution in [0.4, 0.5) is 15.8 Å². The number of benzene rings is 1. The van der Waals surface area contributed by atoms with Crippen molar-refractivity contribution in [1.82, 2.24) is 0 Å². The molecule has 0 spiro atoms. The van der Waals surface area contributed by atoms with Gasteiger partial charge in [-0.25, -0.2) is 4.39 Å². The zero-order valence-corrected chi connectivity index (χ0v) is 9.47. The van der Waals surface area contributed by atoms with Crippen LogP contribution in [0.25, 0.3) is 0 Å². The van der Waals surface area contributed by atoms with E-state index in [2.05, 4.69) is 24.1 Å². The summed E-state index contributed by atoms with van der Waals surface area (Å²) < 4.78 is 13.4. The van der Waals surface area contributed by atoms with E-state index in [0.29, 0.717) is 11.6 Å². The van der Waals surface area contributed by atoms with Crippen LogP contribution >= 0.6 is 0 Å². The normalized spacial score (nSPS) is 15.1. The fourth-order valence-corrected chi connectivity index (χ4v) is 2.01. The van der Waals surface area contributed by atoms with Crippen molar-refractivity contribution in [2.45, 2.75) is 26.8 Å². The average molecular weight is 208 g/mol. The molecule has 15 heavy (non-hydrogen) atoms. The van der Waals surface area contributed by atoms with Crippen LogP contribution in [0.5, 0.6) is 0 Å². The molecule has 1 heterocycles. The van der Waals surface area contributed by atoms with Crippen LogP contribution in [-0.4, -0.2) is 19.1 Å². The number of hydrogen-bond acceptors (Lipinski definition) is 2. The molecule has 0 saturated heterocycles. The van der Waals surface area contributed by atoms with E-state index in [4.69, 9.17) is 0 Å². The minimum atomic E-state index is -0.133. The highest BCUT2D eigenvalue weighted by Crippen LogP contribution is 2.32. The lowest BCUT2D eigenvalue weighted by Crippen LogP contribution is -2.39. The summed E-state index contributed by atoms with van der Waals surface area (Å²) in [6.07, 6.45) is 0. The Labute approximate surface area is 90.1 Å². The second kappa shape index (κ2) is 3.72. The summed E-state index contributed by atoms with van der Waals surface area (Å²) in [7, 11) is 0. The van der Waals surface area contributed by atoms with E-state index in [1.807, 2.05) is 13.0 Å². The first-order valence-corrected chi connectivity index (χ1v) is 5.40. The fourth-order valence-electron chi connectivity index (χ4n) is 2.01. The number of rotatable bonds is 1. The maximum absolute atomic E-state index is 13.4. The van der Waals surface area contributed by atoms with Crippen LogP contribution in [0.2, 0.25) is 0 Å². The maximum atomic E-state index is 13.4. The summed E-state index contributed by atoms with van der Waals surface area (Å²) in [6, 6.07) is 3.98. The molecule has 2 nitrogen and oxygen atoms in total. The lowest BCUT2D eigenvalue weighted by molar-refractivity contribution is 0.615. The first-order chi connectivity index (χ1) is 7.09. The Morgan fingerprint density at radius 3 is 2.80 bits per heavy atom. The van der Waals surface area contributed by atoms with Crippen molar-refractivity contribution in [2.75, 3.05) is 23.3 Å². The number of aryl methyl sites for hydroxylation is 1. The van der Waals surface area contributed by atoms with E-state index in [9.17, 15) is 4.39 Å². The minimum absolute atomic E-state index is 0.133. The summed E-state index contributed by atoms with van der Waals surface area (Å²) in [5.41, 5.74) is 2.75. The predicted octanol–water partition coefficient (Wildman–Crippen LogP) is 2.77. The molecule has 1 aliphatic rings. The van der Waals surface area contributed by atoms with Crippen LogP contribution in [0, 0.1) is 12.7 Å². The Morgan fingerprint density at radius 2 is 2.13 bits per heavy atom. The standard InChI is InChI=1S/C12H17FN2/c1-8(2)15-5-4-14-11-7-10(13)9(3)6-12(11)15/h6-8,14H,4-5H2,1-3H3. The Balaban J connectivity index is 2.47. The second-order valence-electron chi connectivity index (χ2n) is 4.33. The molecular formula is C12H17FN2. The molecule has 82 valence electrons. The predicted molar refractivity (Wildman–Crippen MR) is 62.1 cm³/mol. The molecule has 1 N–H and O–H groups in total. The number of anilines is 2. The Morgan fingerprint density at radius 1 is 1.40 bits per heavy atom. The van der Waals surface area contributed by atoms with Crippen molar-refractivity contribution in [1.29, 1.82) is 0 Å². The van der Waals surface area contributed by atoms with Gasteiger partial charge in [0, 0.05) is 19.1 Å². The molecule has 0 aromatic heterocycles. The molecule has 3 heteroatoms. The van der Waals surface area contributed by atoms with Gasteiger partial charge in [0.05, 0.1) is 11.4 Å². The van der Waals surface area contributed by atoms with Crippen molar-refractivity contribution in [3.8, 4) is 0 Å². The monoisotopic (exact) mass is 208 g/mol. The van der Waals surface area contributed by atoms with Gasteiger partial charge in [-0.2, -0.15) is 0 Å². The molecule has 1 aromatic rings. The highest BCUT2D eigenvalue weighted by molar-refractivity contribution is 5.73. The van der Waals surface area contributed by atoms with Crippen molar-refractivity contribution in [3.63, 3.8) is 0 Å². The van der Waals surface area contributed by atoms with Crippen LogP contribution in [0.15, 0.2) is 12.1 Å². The molecule has 0 bridgehead atoms. The van der Waals surface area contributed by atoms with Crippen molar-refractivity contribution in [2.24, 2.45) is 0 Å². The minimum Gasteiger partial charge on any atom is -0.382 e. The molecule has 2 rings (SSSR count). The van der Waals surface area contributed by atoms with E-state index in [1.54, 1.807) is 6.07 Å². The zero-order chi connectivity index (χ0) is 11.0. The summed E-state index contributed by atoms with van der Waals surface area (Å²) in [4.78, 5) is 2.30. The van der Waals surface area contributed by atoms with Crippen molar-refractivity contribution < 1.29 is 4.39 Å². The molecule has 0 amide bonds. The van der Waals surface area contributed by atoms with Gasteiger partial charge in [-0.15, -0.1) is 0 Å². The third kappa shape index (κ3) is 1.78. The fraction of sp³-hybridized carbons (Fsp3) is 0.500. The Hall–Kier alpha value is -1.25. The van der Waals surface area contributed by atoms with E-state index < -0.39 is 0 Å². The molecule has 0 fully saturated rings. The smallest absolute Gasteiger partial charge is 0.128 e.